The van der Waals surface area contributed by atoms with E-state index in [4.69, 9.17) is 9.84 Å². The highest BCUT2D eigenvalue weighted by Crippen LogP contribution is 2.36. The first-order valence-electron chi connectivity index (χ1n) is 4.29. The third-order valence-corrected chi connectivity index (χ3v) is 2.71. The summed E-state index contributed by atoms with van der Waals surface area (Å²) < 4.78 is 5.03. The molecule has 0 amide bonds. The Balaban J connectivity index is 2.17. The minimum atomic E-state index is -0.257. The van der Waals surface area contributed by atoms with Gasteiger partial charge in [-0.25, -0.2) is 0 Å². The Hall–Kier alpha value is -0.830. The number of esters is 1. The summed E-state index contributed by atoms with van der Waals surface area (Å²) in [7, 11) is 0. The zero-order chi connectivity index (χ0) is 8.55. The first-order valence-corrected chi connectivity index (χ1v) is 4.29. The summed E-state index contributed by atoms with van der Waals surface area (Å²) in [5, 5.41) is 8.92. The van der Waals surface area contributed by atoms with Crippen molar-refractivity contribution in [3.63, 3.8) is 0 Å². The molecule has 3 unspecified atom stereocenters. The molecule has 0 saturated carbocycles. The summed E-state index contributed by atoms with van der Waals surface area (Å²) in [5.41, 5.74) is 0. The molecule has 3 atom stereocenters. The highest BCUT2D eigenvalue weighted by molar-refractivity contribution is 5.75. The number of aliphatic hydroxyl groups is 1. The van der Waals surface area contributed by atoms with Crippen LogP contribution in [0.1, 0.15) is 12.8 Å². The predicted molar refractivity (Wildman–Crippen MR) is 42.3 cm³/mol. The van der Waals surface area contributed by atoms with Gasteiger partial charge < -0.3 is 9.84 Å². The number of aliphatic hydroxyl groups excluding tert-OH is 1. The number of carbonyl (C=O) groups excluding carboxylic acids is 1. The highest BCUT2D eigenvalue weighted by atomic mass is 16.6. The quantitative estimate of drug-likeness (QED) is 0.457. The Bertz CT molecular complexity index is 222. The van der Waals surface area contributed by atoms with Gasteiger partial charge in [-0.1, -0.05) is 12.2 Å². The van der Waals surface area contributed by atoms with Gasteiger partial charge in [-0.3, -0.25) is 4.79 Å². The van der Waals surface area contributed by atoms with Crippen molar-refractivity contribution in [2.45, 2.75) is 18.9 Å². The maximum absolute atomic E-state index is 11.2. The van der Waals surface area contributed by atoms with Gasteiger partial charge in [0.05, 0.1) is 12.5 Å². The fraction of sp³-hybridized carbons (Fsp3) is 0.667. The van der Waals surface area contributed by atoms with Crippen molar-refractivity contribution in [1.82, 2.24) is 0 Å². The number of allylic oxidation sites excluding steroid dienone is 2. The maximum atomic E-state index is 11.2. The molecule has 0 spiro atoms. The standard InChI is InChI=1S/C9H12O3/c10-5-8-6-3-1-2-4-7(6)9(11)12-8/h1-2,6-8,10H,3-5H2. The van der Waals surface area contributed by atoms with E-state index < -0.39 is 0 Å². The van der Waals surface area contributed by atoms with Crippen LogP contribution in [0.25, 0.3) is 0 Å². The SMILES string of the molecule is O=C1OC(CO)C2CC=CCC12. The molecule has 0 aromatic rings. The monoisotopic (exact) mass is 168 g/mol. The lowest BCUT2D eigenvalue weighted by molar-refractivity contribution is -0.145. The molecule has 12 heavy (non-hydrogen) atoms. The molecule has 2 aliphatic rings. The molecule has 0 radical (unpaired) electrons. The van der Waals surface area contributed by atoms with Crippen molar-refractivity contribution in [2.75, 3.05) is 6.61 Å². The number of rotatable bonds is 1. The molecule has 66 valence electrons. The number of hydrogen-bond donors (Lipinski definition) is 1. The van der Waals surface area contributed by atoms with Crippen molar-refractivity contribution >= 4 is 5.97 Å². The van der Waals surface area contributed by atoms with Crippen molar-refractivity contribution in [3.8, 4) is 0 Å². The van der Waals surface area contributed by atoms with E-state index >= 15 is 0 Å². The summed E-state index contributed by atoms with van der Waals surface area (Å²) in [4.78, 5) is 11.2. The smallest absolute Gasteiger partial charge is 0.310 e. The number of fused-ring (bicyclic) bond motifs is 1. The molecule has 1 saturated heterocycles. The predicted octanol–water partition coefficient (Wildman–Crippen LogP) is 0.486. The average Bonchev–Trinajstić information content (AvgIpc) is 2.44. The van der Waals surface area contributed by atoms with Crippen LogP contribution in [0.3, 0.4) is 0 Å². The van der Waals surface area contributed by atoms with Gasteiger partial charge in [0.2, 0.25) is 0 Å². The molecule has 1 heterocycles. The van der Waals surface area contributed by atoms with Crippen molar-refractivity contribution < 1.29 is 14.6 Å². The molecule has 3 nitrogen and oxygen atoms in total. The lowest BCUT2D eigenvalue weighted by atomic mass is 9.82. The molecule has 1 aliphatic carbocycles. The van der Waals surface area contributed by atoms with E-state index in [1.54, 1.807) is 0 Å². The van der Waals surface area contributed by atoms with E-state index in [2.05, 4.69) is 6.08 Å². The van der Waals surface area contributed by atoms with E-state index in [0.29, 0.717) is 0 Å². The summed E-state index contributed by atoms with van der Waals surface area (Å²) in [6.45, 7) is -0.0409. The molecule has 3 heteroatoms. The van der Waals surface area contributed by atoms with Gasteiger partial charge in [0.15, 0.2) is 0 Å². The van der Waals surface area contributed by atoms with Crippen LogP contribution < -0.4 is 0 Å². The van der Waals surface area contributed by atoms with Gasteiger partial charge in [0, 0.05) is 5.92 Å². The van der Waals surface area contributed by atoms with Gasteiger partial charge >= 0.3 is 5.97 Å². The fourth-order valence-corrected chi connectivity index (χ4v) is 2.01. The Morgan fingerprint density at radius 3 is 3.00 bits per heavy atom. The van der Waals surface area contributed by atoms with Crippen molar-refractivity contribution in [1.29, 1.82) is 0 Å². The fourth-order valence-electron chi connectivity index (χ4n) is 2.01. The van der Waals surface area contributed by atoms with Crippen LogP contribution in [0.4, 0.5) is 0 Å². The zero-order valence-electron chi connectivity index (χ0n) is 6.77. The Kier molecular flexibility index (Phi) is 1.89. The van der Waals surface area contributed by atoms with Crippen LogP contribution in [0.5, 0.6) is 0 Å². The topological polar surface area (TPSA) is 46.5 Å². The second kappa shape index (κ2) is 2.90. The van der Waals surface area contributed by atoms with E-state index in [0.717, 1.165) is 12.8 Å². The molecule has 0 bridgehead atoms. The summed E-state index contributed by atoms with van der Waals surface area (Å²) in [5.74, 6) is 0.0862. The number of hydrogen-bond acceptors (Lipinski definition) is 3. The molecular weight excluding hydrogens is 156 g/mol. The molecule has 0 aromatic carbocycles. The second-order valence-corrected chi connectivity index (χ2v) is 3.37. The number of carbonyl (C=O) groups is 1. The molecule has 1 N–H and O–H groups in total. The van der Waals surface area contributed by atoms with E-state index in [1.165, 1.54) is 0 Å². The Morgan fingerprint density at radius 1 is 1.50 bits per heavy atom. The van der Waals surface area contributed by atoms with Crippen LogP contribution >= 0.6 is 0 Å². The number of cyclic esters (lactones) is 1. The summed E-state index contributed by atoms with van der Waals surface area (Å²) in [6, 6.07) is 0. The minimum Gasteiger partial charge on any atom is -0.459 e. The van der Waals surface area contributed by atoms with Crippen molar-refractivity contribution in [3.05, 3.63) is 12.2 Å². The van der Waals surface area contributed by atoms with Gasteiger partial charge in [-0.2, -0.15) is 0 Å². The normalized spacial score (nSPS) is 39.4. The lowest BCUT2D eigenvalue weighted by Gasteiger charge is -2.19. The van der Waals surface area contributed by atoms with Gasteiger partial charge in [-0.15, -0.1) is 0 Å². The molecule has 0 aromatic heterocycles. The van der Waals surface area contributed by atoms with Gasteiger partial charge in [0.1, 0.15) is 6.10 Å². The Labute approximate surface area is 71.0 Å². The summed E-state index contributed by atoms with van der Waals surface area (Å²) >= 11 is 0. The maximum Gasteiger partial charge on any atom is 0.310 e. The van der Waals surface area contributed by atoms with Gasteiger partial charge in [0.25, 0.3) is 0 Å². The van der Waals surface area contributed by atoms with Crippen molar-refractivity contribution in [2.24, 2.45) is 11.8 Å². The lowest BCUT2D eigenvalue weighted by Crippen LogP contribution is -2.24. The molecule has 2 rings (SSSR count). The first kappa shape index (κ1) is 7.80. The minimum absolute atomic E-state index is 0.00662. The third-order valence-electron chi connectivity index (χ3n) is 2.71. The number of ether oxygens (including phenoxy) is 1. The molecule has 1 aliphatic heterocycles. The first-order chi connectivity index (χ1) is 5.83. The third kappa shape index (κ3) is 1.05. The van der Waals surface area contributed by atoms with E-state index in [9.17, 15) is 4.79 Å². The Morgan fingerprint density at radius 2 is 2.25 bits per heavy atom. The van der Waals surface area contributed by atoms with E-state index in [-0.39, 0.29) is 30.5 Å². The molecule has 1 fully saturated rings. The average molecular weight is 168 g/mol. The zero-order valence-corrected chi connectivity index (χ0v) is 6.77. The van der Waals surface area contributed by atoms with Gasteiger partial charge in [-0.05, 0) is 12.8 Å². The van der Waals surface area contributed by atoms with Crippen LogP contribution in [-0.2, 0) is 9.53 Å². The second-order valence-electron chi connectivity index (χ2n) is 3.37. The van der Waals surface area contributed by atoms with E-state index in [1.807, 2.05) is 6.08 Å². The highest BCUT2D eigenvalue weighted by Gasteiger charge is 2.43. The van der Waals surface area contributed by atoms with Crippen LogP contribution in [0.2, 0.25) is 0 Å². The largest absolute Gasteiger partial charge is 0.459 e. The molecular formula is C9H12O3. The summed E-state index contributed by atoms with van der Waals surface area (Å²) in [6.07, 6.45) is 5.46. The van der Waals surface area contributed by atoms with Crippen LogP contribution in [0.15, 0.2) is 12.2 Å². The van der Waals surface area contributed by atoms with Crippen LogP contribution in [0, 0.1) is 11.8 Å². The van der Waals surface area contributed by atoms with Crippen LogP contribution in [-0.4, -0.2) is 23.8 Å².